The second-order valence-electron chi connectivity index (χ2n) is 3.86. The van der Waals surface area contributed by atoms with Gasteiger partial charge in [-0.2, -0.15) is 0 Å². The summed E-state index contributed by atoms with van der Waals surface area (Å²) in [7, 11) is 1.42. The third-order valence-corrected chi connectivity index (χ3v) is 2.91. The van der Waals surface area contributed by atoms with Gasteiger partial charge in [0.2, 0.25) is 5.78 Å². The van der Waals surface area contributed by atoms with Crippen molar-refractivity contribution in [2.45, 2.75) is 6.42 Å². The van der Waals surface area contributed by atoms with Crippen molar-refractivity contribution in [2.75, 3.05) is 13.7 Å². The van der Waals surface area contributed by atoms with E-state index in [0.29, 0.717) is 5.58 Å². The fraction of sp³-hybridized carbons (Fsp3) is 0.231. The van der Waals surface area contributed by atoms with Crippen LogP contribution in [0.4, 0.5) is 0 Å². The van der Waals surface area contributed by atoms with Crippen LogP contribution in [0.2, 0.25) is 0 Å². The molecule has 0 N–H and O–H groups in total. The van der Waals surface area contributed by atoms with Crippen LogP contribution in [0.25, 0.3) is 11.0 Å². The molecule has 0 saturated carbocycles. The van der Waals surface area contributed by atoms with Gasteiger partial charge in [0, 0.05) is 17.0 Å². The molecule has 0 amide bonds. The van der Waals surface area contributed by atoms with E-state index >= 15 is 0 Å². The molecule has 1 aromatic carbocycles. The van der Waals surface area contributed by atoms with E-state index in [-0.39, 0.29) is 30.4 Å². The van der Waals surface area contributed by atoms with Gasteiger partial charge in [0.05, 0.1) is 6.42 Å². The zero-order valence-electron chi connectivity index (χ0n) is 9.73. The number of furan rings is 1. The Morgan fingerprint density at radius 2 is 2.11 bits per heavy atom. The largest absolute Gasteiger partial charge is 0.453 e. The molecule has 1 heterocycles. The zero-order valence-corrected chi connectivity index (χ0v) is 11.3. The molecule has 0 spiro atoms. The van der Waals surface area contributed by atoms with Crippen LogP contribution in [-0.2, 0) is 9.53 Å². The minimum atomic E-state index is -0.329. The molecule has 2 aromatic rings. The molecule has 0 bridgehead atoms. The van der Waals surface area contributed by atoms with Crippen molar-refractivity contribution in [1.29, 1.82) is 0 Å². The summed E-state index contributed by atoms with van der Waals surface area (Å²) in [5.41, 5.74) is 0.626. The summed E-state index contributed by atoms with van der Waals surface area (Å²) in [6, 6.07) is 7.10. The van der Waals surface area contributed by atoms with E-state index in [1.54, 1.807) is 12.1 Å². The molecular weight excluding hydrogens is 300 g/mol. The minimum absolute atomic E-state index is 0.0580. The number of halogens is 1. The van der Waals surface area contributed by atoms with Gasteiger partial charge in [-0.25, -0.2) is 0 Å². The molecule has 0 unspecified atom stereocenters. The molecular formula is C13H11BrO4. The number of carbonyl (C=O) groups is 2. The number of hydrogen-bond acceptors (Lipinski definition) is 4. The highest BCUT2D eigenvalue weighted by atomic mass is 79.9. The first-order chi connectivity index (χ1) is 8.60. The quantitative estimate of drug-likeness (QED) is 0.629. The van der Waals surface area contributed by atoms with Gasteiger partial charge in [-0.1, -0.05) is 15.9 Å². The Kier molecular flexibility index (Phi) is 3.93. The molecule has 0 aliphatic heterocycles. The normalized spacial score (nSPS) is 10.8. The summed E-state index contributed by atoms with van der Waals surface area (Å²) in [6.45, 7) is -0.0580. The third-order valence-electron chi connectivity index (χ3n) is 2.42. The lowest BCUT2D eigenvalue weighted by atomic mass is 10.1. The van der Waals surface area contributed by atoms with Crippen LogP contribution in [0, 0.1) is 0 Å². The summed E-state index contributed by atoms with van der Waals surface area (Å²) in [6.07, 6.45) is -0.200. The van der Waals surface area contributed by atoms with Gasteiger partial charge in [-0.3, -0.25) is 9.59 Å². The Bertz CT molecular complexity index is 600. The summed E-state index contributed by atoms with van der Waals surface area (Å²) < 4.78 is 11.0. The van der Waals surface area contributed by atoms with Gasteiger partial charge in [-0.05, 0) is 24.3 Å². The number of ketones is 2. The predicted octanol–water partition coefficient (Wildman–Crippen LogP) is 2.98. The van der Waals surface area contributed by atoms with Crippen LogP contribution in [0.1, 0.15) is 17.0 Å². The molecule has 0 aliphatic rings. The van der Waals surface area contributed by atoms with E-state index in [9.17, 15) is 9.59 Å². The molecule has 2 rings (SSSR count). The lowest BCUT2D eigenvalue weighted by molar-refractivity contribution is -0.121. The lowest BCUT2D eigenvalue weighted by Crippen LogP contribution is -2.12. The molecule has 5 heteroatoms. The number of hydrogen-bond donors (Lipinski definition) is 0. The standard InChI is InChI=1S/C13H11BrO4/c1-17-7-10(15)6-11(16)13-5-8-4-9(14)2-3-12(8)18-13/h2-5H,6-7H2,1H3. The maximum Gasteiger partial charge on any atom is 0.205 e. The fourth-order valence-corrected chi connectivity index (χ4v) is 2.01. The van der Waals surface area contributed by atoms with E-state index in [4.69, 9.17) is 4.42 Å². The van der Waals surface area contributed by atoms with Gasteiger partial charge in [0.25, 0.3) is 0 Å². The molecule has 1 aromatic heterocycles. The van der Waals surface area contributed by atoms with Crippen molar-refractivity contribution < 1.29 is 18.7 Å². The monoisotopic (exact) mass is 310 g/mol. The molecule has 0 atom stereocenters. The third kappa shape index (κ3) is 2.86. The highest BCUT2D eigenvalue weighted by molar-refractivity contribution is 9.10. The van der Waals surface area contributed by atoms with Crippen molar-refractivity contribution >= 4 is 38.5 Å². The molecule has 18 heavy (non-hydrogen) atoms. The van der Waals surface area contributed by atoms with E-state index in [1.807, 2.05) is 12.1 Å². The van der Waals surface area contributed by atoms with Gasteiger partial charge in [0.1, 0.15) is 12.2 Å². The molecule has 94 valence electrons. The van der Waals surface area contributed by atoms with Crippen molar-refractivity contribution in [3.8, 4) is 0 Å². The van der Waals surface area contributed by atoms with Gasteiger partial charge >= 0.3 is 0 Å². The van der Waals surface area contributed by atoms with E-state index in [0.717, 1.165) is 9.86 Å². The average molecular weight is 311 g/mol. The fourth-order valence-electron chi connectivity index (χ4n) is 1.63. The minimum Gasteiger partial charge on any atom is -0.453 e. The van der Waals surface area contributed by atoms with E-state index in [2.05, 4.69) is 20.7 Å². The number of benzene rings is 1. The number of Topliss-reactive ketones (excluding diaryl/α,β-unsaturated/α-hetero) is 2. The van der Waals surface area contributed by atoms with Crippen LogP contribution in [0.3, 0.4) is 0 Å². The smallest absolute Gasteiger partial charge is 0.205 e. The Hall–Kier alpha value is -1.46. The first kappa shape index (κ1) is 13.0. The second kappa shape index (κ2) is 5.46. The van der Waals surface area contributed by atoms with Crippen LogP contribution >= 0.6 is 15.9 Å². The predicted molar refractivity (Wildman–Crippen MR) is 69.7 cm³/mol. The first-order valence-corrected chi connectivity index (χ1v) is 6.12. The Morgan fingerprint density at radius 1 is 1.33 bits per heavy atom. The summed E-state index contributed by atoms with van der Waals surface area (Å²) >= 11 is 3.34. The van der Waals surface area contributed by atoms with Gasteiger partial charge in [-0.15, -0.1) is 0 Å². The molecule has 0 radical (unpaired) electrons. The topological polar surface area (TPSA) is 56.5 Å². The zero-order chi connectivity index (χ0) is 13.1. The Balaban J connectivity index is 2.20. The number of carbonyl (C=O) groups excluding carboxylic acids is 2. The maximum atomic E-state index is 11.8. The van der Waals surface area contributed by atoms with Gasteiger partial charge < -0.3 is 9.15 Å². The van der Waals surface area contributed by atoms with E-state index < -0.39 is 0 Å². The SMILES string of the molecule is COCC(=O)CC(=O)c1cc2cc(Br)ccc2o1. The number of fused-ring (bicyclic) bond motifs is 1. The molecule has 0 fully saturated rings. The number of methoxy groups -OCH3 is 1. The van der Waals surface area contributed by atoms with Crippen LogP contribution in [-0.4, -0.2) is 25.3 Å². The van der Waals surface area contributed by atoms with Crippen molar-refractivity contribution in [2.24, 2.45) is 0 Å². The Morgan fingerprint density at radius 3 is 2.83 bits per heavy atom. The Labute approximate surface area is 112 Å². The molecule has 0 aliphatic carbocycles. The number of rotatable bonds is 5. The van der Waals surface area contributed by atoms with Crippen molar-refractivity contribution in [3.63, 3.8) is 0 Å². The summed E-state index contributed by atoms with van der Waals surface area (Å²) in [5.74, 6) is -0.388. The van der Waals surface area contributed by atoms with Crippen molar-refractivity contribution in [3.05, 3.63) is 34.5 Å². The second-order valence-corrected chi connectivity index (χ2v) is 4.78. The highest BCUT2D eigenvalue weighted by Gasteiger charge is 2.16. The molecule has 0 saturated heterocycles. The summed E-state index contributed by atoms with van der Waals surface area (Å²) in [4.78, 5) is 23.1. The first-order valence-electron chi connectivity index (χ1n) is 5.33. The van der Waals surface area contributed by atoms with Crippen LogP contribution in [0.15, 0.2) is 33.2 Å². The van der Waals surface area contributed by atoms with Crippen LogP contribution < -0.4 is 0 Å². The molecule has 4 nitrogen and oxygen atoms in total. The van der Waals surface area contributed by atoms with E-state index in [1.165, 1.54) is 7.11 Å². The number of ether oxygens (including phenoxy) is 1. The average Bonchev–Trinajstić information content (AvgIpc) is 2.72. The van der Waals surface area contributed by atoms with Gasteiger partial charge in [0.15, 0.2) is 11.5 Å². The lowest BCUT2D eigenvalue weighted by Gasteiger charge is -1.96. The van der Waals surface area contributed by atoms with Crippen molar-refractivity contribution in [1.82, 2.24) is 0 Å². The van der Waals surface area contributed by atoms with Crippen LogP contribution in [0.5, 0.6) is 0 Å². The highest BCUT2D eigenvalue weighted by Crippen LogP contribution is 2.24. The summed E-state index contributed by atoms with van der Waals surface area (Å²) in [5, 5.41) is 0.826. The maximum absolute atomic E-state index is 11.8.